The third-order valence-electron chi connectivity index (χ3n) is 8.57. The average molecular weight is 546 g/mol. The third-order valence-corrected chi connectivity index (χ3v) is 8.57. The minimum Gasteiger partial charge on any atom is -0.461 e. The van der Waals surface area contributed by atoms with E-state index in [-0.39, 0.29) is 48.8 Å². The fourth-order valence-corrected chi connectivity index (χ4v) is 6.56. The molecule has 0 aromatic heterocycles. The highest BCUT2D eigenvalue weighted by molar-refractivity contribution is 5.87. The van der Waals surface area contributed by atoms with Gasteiger partial charge in [0, 0.05) is 44.8 Å². The van der Waals surface area contributed by atoms with Crippen molar-refractivity contribution in [1.29, 1.82) is 0 Å². The van der Waals surface area contributed by atoms with Crippen LogP contribution in [-0.4, -0.2) is 67.8 Å². The molecule has 4 heterocycles. The smallest absolute Gasteiger partial charge is 0.306 e. The van der Waals surface area contributed by atoms with Crippen LogP contribution in [0.5, 0.6) is 0 Å². The average Bonchev–Trinajstić information content (AvgIpc) is 2.87. The van der Waals surface area contributed by atoms with Crippen molar-refractivity contribution in [3.8, 4) is 0 Å². The lowest BCUT2D eigenvalue weighted by Gasteiger charge is -2.47. The Morgan fingerprint density at radius 1 is 0.949 bits per heavy atom. The molecule has 0 aromatic carbocycles. The molecule has 8 heteroatoms. The number of cyclic esters (lactones) is 1. The van der Waals surface area contributed by atoms with Gasteiger partial charge >= 0.3 is 5.97 Å². The van der Waals surface area contributed by atoms with Gasteiger partial charge in [-0.1, -0.05) is 50.3 Å². The normalized spacial score (nSPS) is 39.5. The maximum Gasteiger partial charge on any atom is 0.306 e. The minimum absolute atomic E-state index is 0.0114. The molecule has 0 saturated carbocycles. The van der Waals surface area contributed by atoms with Crippen molar-refractivity contribution >= 4 is 11.8 Å². The summed E-state index contributed by atoms with van der Waals surface area (Å²) in [5.74, 6) is -1.85. The molecule has 3 fully saturated rings. The van der Waals surface area contributed by atoms with E-state index >= 15 is 0 Å². The number of esters is 1. The second kappa shape index (κ2) is 12.8. The van der Waals surface area contributed by atoms with Crippen LogP contribution in [0.1, 0.15) is 84.5 Å². The quantitative estimate of drug-likeness (QED) is 0.393. The summed E-state index contributed by atoms with van der Waals surface area (Å²) in [7, 11) is 1.51. The Bertz CT molecular complexity index is 959. The second-order valence-corrected chi connectivity index (χ2v) is 12.3. The van der Waals surface area contributed by atoms with E-state index in [1.807, 2.05) is 26.0 Å². The number of nitrogens with two attached hydrogens (primary N) is 1. The minimum atomic E-state index is -1.47. The van der Waals surface area contributed by atoms with Crippen molar-refractivity contribution < 1.29 is 33.3 Å². The zero-order valence-corrected chi connectivity index (χ0v) is 24.0. The molecule has 2 N–H and O–H groups in total. The topological polar surface area (TPSA) is 106 Å². The summed E-state index contributed by atoms with van der Waals surface area (Å²) in [6, 6.07) is 0. The lowest BCUT2D eigenvalue weighted by atomic mass is 9.76. The van der Waals surface area contributed by atoms with Crippen molar-refractivity contribution in [3.05, 3.63) is 36.5 Å². The first-order chi connectivity index (χ1) is 18.5. The monoisotopic (exact) mass is 545 g/mol. The zero-order chi connectivity index (χ0) is 28.2. The molecular weight excluding hydrogens is 498 g/mol. The van der Waals surface area contributed by atoms with Crippen LogP contribution in [0, 0.1) is 5.41 Å². The Labute approximate surface area is 233 Å². The highest BCUT2D eigenvalue weighted by atomic mass is 16.7. The van der Waals surface area contributed by atoms with E-state index in [0.717, 1.165) is 44.1 Å². The van der Waals surface area contributed by atoms with Crippen molar-refractivity contribution in [2.45, 2.75) is 127 Å². The summed E-state index contributed by atoms with van der Waals surface area (Å²) in [6.07, 6.45) is 9.93. The molecule has 0 spiro atoms. The molecule has 7 atom stereocenters. The molecule has 0 aromatic rings. The maximum absolute atomic E-state index is 13.3. The number of carbonyl (C=O) groups is 2. The first-order valence-electron chi connectivity index (χ1n) is 14.5. The van der Waals surface area contributed by atoms with Crippen LogP contribution in [0.25, 0.3) is 0 Å². The van der Waals surface area contributed by atoms with Crippen LogP contribution in [0.15, 0.2) is 36.5 Å². The highest BCUT2D eigenvalue weighted by Gasteiger charge is 2.55. The van der Waals surface area contributed by atoms with Crippen LogP contribution >= 0.6 is 0 Å². The summed E-state index contributed by atoms with van der Waals surface area (Å²) in [5, 5.41) is 0. The van der Waals surface area contributed by atoms with E-state index in [0.29, 0.717) is 32.1 Å². The van der Waals surface area contributed by atoms with E-state index in [9.17, 15) is 9.59 Å². The van der Waals surface area contributed by atoms with Gasteiger partial charge in [-0.2, -0.15) is 0 Å². The van der Waals surface area contributed by atoms with Crippen LogP contribution < -0.4 is 5.73 Å². The van der Waals surface area contributed by atoms with Gasteiger partial charge in [0.1, 0.15) is 6.10 Å². The molecule has 39 heavy (non-hydrogen) atoms. The van der Waals surface area contributed by atoms with Gasteiger partial charge in [-0.25, -0.2) is 0 Å². The summed E-state index contributed by atoms with van der Waals surface area (Å²) in [4.78, 5) is 26.0. The largest absolute Gasteiger partial charge is 0.461 e. The van der Waals surface area contributed by atoms with E-state index in [1.54, 1.807) is 0 Å². The van der Waals surface area contributed by atoms with Crippen molar-refractivity contribution in [1.82, 2.24) is 0 Å². The SMILES string of the molecule is C=C1CC2/C=C/C(C)(C)C3(OC)OC(CCC3=O)CC(CN)OC(=O)CCCC3CC(=C)CC(CC(C1)O2)O3. The van der Waals surface area contributed by atoms with Crippen LogP contribution in [0.4, 0.5) is 0 Å². The number of carbonyl (C=O) groups excluding carboxylic acids is 2. The number of ether oxygens (including phenoxy) is 5. The van der Waals surface area contributed by atoms with Crippen molar-refractivity contribution in [2.24, 2.45) is 11.1 Å². The third kappa shape index (κ3) is 7.27. The van der Waals surface area contributed by atoms with Gasteiger partial charge in [0.2, 0.25) is 5.79 Å². The van der Waals surface area contributed by atoms with Crippen molar-refractivity contribution in [2.75, 3.05) is 13.7 Å². The number of rotatable bonds is 2. The summed E-state index contributed by atoms with van der Waals surface area (Å²) < 4.78 is 31.0. The molecule has 6 bridgehead atoms. The fourth-order valence-electron chi connectivity index (χ4n) is 6.56. The first kappa shape index (κ1) is 30.1. The van der Waals surface area contributed by atoms with E-state index in [2.05, 4.69) is 13.2 Å². The van der Waals surface area contributed by atoms with Crippen LogP contribution in [-0.2, 0) is 33.3 Å². The van der Waals surface area contributed by atoms with Gasteiger partial charge in [0.15, 0.2) is 5.78 Å². The summed E-state index contributed by atoms with van der Waals surface area (Å²) in [6.45, 7) is 12.6. The van der Waals surface area contributed by atoms with Crippen molar-refractivity contribution in [3.63, 3.8) is 0 Å². The second-order valence-electron chi connectivity index (χ2n) is 12.3. The Kier molecular flexibility index (Phi) is 9.87. The summed E-state index contributed by atoms with van der Waals surface area (Å²) in [5.41, 5.74) is 7.51. The zero-order valence-electron chi connectivity index (χ0n) is 24.0. The highest BCUT2D eigenvalue weighted by Crippen LogP contribution is 2.44. The molecule has 4 aliphatic rings. The Morgan fingerprint density at radius 2 is 1.64 bits per heavy atom. The molecular formula is C31H47NO7. The Morgan fingerprint density at radius 3 is 2.36 bits per heavy atom. The van der Waals surface area contributed by atoms with Crippen LogP contribution in [0.3, 0.4) is 0 Å². The molecule has 0 aliphatic carbocycles. The van der Waals surface area contributed by atoms with E-state index < -0.39 is 17.3 Å². The lowest BCUT2D eigenvalue weighted by Crippen LogP contribution is -2.59. The molecule has 0 radical (unpaired) electrons. The summed E-state index contributed by atoms with van der Waals surface area (Å²) >= 11 is 0. The molecule has 7 unspecified atom stereocenters. The Hall–Kier alpha value is -1.84. The van der Waals surface area contributed by atoms with Gasteiger partial charge in [0.25, 0.3) is 0 Å². The van der Waals surface area contributed by atoms with Gasteiger partial charge in [-0.3, -0.25) is 9.59 Å². The molecule has 0 amide bonds. The van der Waals surface area contributed by atoms with Gasteiger partial charge in [-0.05, 0) is 44.9 Å². The lowest BCUT2D eigenvalue weighted by molar-refractivity contribution is -0.284. The number of ketones is 1. The predicted molar refractivity (Wildman–Crippen MR) is 148 cm³/mol. The molecule has 4 aliphatic heterocycles. The predicted octanol–water partition coefficient (Wildman–Crippen LogP) is 4.70. The number of Topliss-reactive ketones (excluding diaryl/α,β-unsaturated/α-hetero) is 1. The van der Waals surface area contributed by atoms with E-state index in [4.69, 9.17) is 29.4 Å². The number of hydrogen-bond donors (Lipinski definition) is 1. The standard InChI is InChI=1S/C31H47NO7/c1-20-13-22-7-6-8-29(34)38-27(19-32)17-24-9-10-28(33)31(35-5,39-24)30(3,4)12-11-23-14-21(2)16-26(37-23)18-25(15-20)36-22/h11-12,22-27H,1-2,6-10,13-19,32H2,3-5H3/b12-11+. The fraction of sp³-hybridized carbons (Fsp3) is 0.742. The first-order valence-corrected chi connectivity index (χ1v) is 14.5. The molecule has 218 valence electrons. The Balaban J connectivity index is 1.60. The van der Waals surface area contributed by atoms with E-state index in [1.165, 1.54) is 12.7 Å². The van der Waals surface area contributed by atoms with Gasteiger partial charge in [-0.15, -0.1) is 0 Å². The molecule has 3 saturated heterocycles. The molecule has 4 rings (SSSR count). The van der Waals surface area contributed by atoms with Gasteiger partial charge < -0.3 is 29.4 Å². The number of hydrogen-bond acceptors (Lipinski definition) is 8. The number of methoxy groups -OCH3 is 1. The maximum atomic E-state index is 13.3. The van der Waals surface area contributed by atoms with Gasteiger partial charge in [0.05, 0.1) is 30.5 Å². The van der Waals surface area contributed by atoms with Crippen LogP contribution in [0.2, 0.25) is 0 Å². The number of fused-ring (bicyclic) bond motifs is 6. The molecule has 8 nitrogen and oxygen atoms in total.